The van der Waals surface area contributed by atoms with Gasteiger partial charge >= 0.3 is 0 Å². The van der Waals surface area contributed by atoms with Crippen LogP contribution in [0.1, 0.15) is 17.4 Å². The summed E-state index contributed by atoms with van der Waals surface area (Å²) in [5.74, 6) is 0. The molecule has 2 N–H and O–H groups in total. The maximum Gasteiger partial charge on any atom is 0.123 e. The molecular formula is C12H14N2S. The molecule has 2 nitrogen and oxygen atoms in total. The van der Waals surface area contributed by atoms with E-state index in [-0.39, 0.29) is 0 Å². The van der Waals surface area contributed by atoms with E-state index in [0.717, 1.165) is 17.0 Å². The minimum absolute atomic E-state index is 0.583. The Labute approximate surface area is 93.8 Å². The summed E-state index contributed by atoms with van der Waals surface area (Å²) in [6.45, 7) is 2.73. The first-order valence-corrected chi connectivity index (χ1v) is 5.89. The van der Waals surface area contributed by atoms with Crippen molar-refractivity contribution in [2.24, 2.45) is 5.73 Å². The highest BCUT2D eigenvalue weighted by atomic mass is 32.1. The maximum atomic E-state index is 5.61. The molecule has 0 radical (unpaired) electrons. The molecule has 0 saturated carbocycles. The van der Waals surface area contributed by atoms with Crippen LogP contribution in [0.5, 0.6) is 0 Å². The molecule has 0 atom stereocenters. The highest BCUT2D eigenvalue weighted by molar-refractivity contribution is 7.15. The molecule has 2 rings (SSSR count). The predicted octanol–water partition coefficient (Wildman–Crippen LogP) is 2.83. The lowest BCUT2D eigenvalue weighted by Crippen LogP contribution is -1.95. The lowest BCUT2D eigenvalue weighted by molar-refractivity contribution is 1.07. The Kier molecular flexibility index (Phi) is 3.14. The van der Waals surface area contributed by atoms with Crippen molar-refractivity contribution < 1.29 is 0 Å². The van der Waals surface area contributed by atoms with Gasteiger partial charge in [-0.05, 0) is 18.1 Å². The zero-order valence-corrected chi connectivity index (χ0v) is 9.55. The Hall–Kier alpha value is -1.19. The van der Waals surface area contributed by atoms with Crippen molar-refractivity contribution in [3.63, 3.8) is 0 Å². The van der Waals surface area contributed by atoms with E-state index in [2.05, 4.69) is 24.0 Å². The van der Waals surface area contributed by atoms with Crippen LogP contribution in [-0.4, -0.2) is 4.98 Å². The van der Waals surface area contributed by atoms with Crippen LogP contribution < -0.4 is 5.73 Å². The van der Waals surface area contributed by atoms with Crippen LogP contribution in [0.2, 0.25) is 0 Å². The third-order valence-corrected chi connectivity index (χ3v) is 3.50. The Morgan fingerprint density at radius 1 is 1.40 bits per heavy atom. The molecular weight excluding hydrogens is 204 g/mol. The fraction of sp³-hybridized carbons (Fsp3) is 0.250. The summed E-state index contributed by atoms with van der Waals surface area (Å²) in [6, 6.07) is 8.26. The van der Waals surface area contributed by atoms with Gasteiger partial charge in [0.05, 0.1) is 0 Å². The van der Waals surface area contributed by atoms with E-state index < -0.39 is 0 Å². The van der Waals surface area contributed by atoms with Crippen LogP contribution in [-0.2, 0) is 13.0 Å². The summed E-state index contributed by atoms with van der Waals surface area (Å²) >= 11 is 1.75. The number of aromatic nitrogens is 1. The van der Waals surface area contributed by atoms with Crippen molar-refractivity contribution in [3.8, 4) is 10.6 Å². The molecule has 15 heavy (non-hydrogen) atoms. The molecule has 0 saturated heterocycles. The Bertz CT molecular complexity index is 448. The largest absolute Gasteiger partial charge is 0.326 e. The zero-order valence-electron chi connectivity index (χ0n) is 8.73. The number of aryl methyl sites for hydroxylation is 1. The summed E-state index contributed by atoms with van der Waals surface area (Å²) in [7, 11) is 0. The summed E-state index contributed by atoms with van der Waals surface area (Å²) in [5.41, 5.74) is 7.93. The van der Waals surface area contributed by atoms with E-state index in [0.29, 0.717) is 6.54 Å². The van der Waals surface area contributed by atoms with Gasteiger partial charge < -0.3 is 5.73 Å². The van der Waals surface area contributed by atoms with Gasteiger partial charge in [-0.25, -0.2) is 4.98 Å². The number of hydrogen-bond acceptors (Lipinski definition) is 3. The molecule has 0 aliphatic carbocycles. The summed E-state index contributed by atoms with van der Waals surface area (Å²) in [5, 5.41) is 1.09. The van der Waals surface area contributed by atoms with Crippen LogP contribution in [0.3, 0.4) is 0 Å². The molecule has 0 fully saturated rings. The summed E-state index contributed by atoms with van der Waals surface area (Å²) in [6.07, 6.45) is 3.00. The molecule has 0 bridgehead atoms. The monoisotopic (exact) mass is 218 g/mol. The minimum Gasteiger partial charge on any atom is -0.326 e. The summed E-state index contributed by atoms with van der Waals surface area (Å²) < 4.78 is 0. The average Bonchev–Trinajstić information content (AvgIpc) is 2.78. The van der Waals surface area contributed by atoms with Crippen molar-refractivity contribution in [2.75, 3.05) is 0 Å². The van der Waals surface area contributed by atoms with Crippen LogP contribution in [0.4, 0.5) is 0 Å². The third-order valence-electron chi connectivity index (χ3n) is 2.31. The van der Waals surface area contributed by atoms with Gasteiger partial charge in [0, 0.05) is 23.2 Å². The van der Waals surface area contributed by atoms with Gasteiger partial charge in [0.1, 0.15) is 5.01 Å². The van der Waals surface area contributed by atoms with Gasteiger partial charge in [0.25, 0.3) is 0 Å². The average molecular weight is 218 g/mol. The van der Waals surface area contributed by atoms with Gasteiger partial charge in [-0.15, -0.1) is 11.3 Å². The Morgan fingerprint density at radius 2 is 2.27 bits per heavy atom. The molecule has 0 unspecified atom stereocenters. The predicted molar refractivity (Wildman–Crippen MR) is 64.8 cm³/mol. The van der Waals surface area contributed by atoms with Crippen LogP contribution >= 0.6 is 11.3 Å². The number of benzene rings is 1. The van der Waals surface area contributed by atoms with Gasteiger partial charge in [-0.1, -0.05) is 25.1 Å². The van der Waals surface area contributed by atoms with Crippen molar-refractivity contribution in [1.82, 2.24) is 4.98 Å². The molecule has 78 valence electrons. The molecule has 0 aliphatic rings. The van der Waals surface area contributed by atoms with Crippen molar-refractivity contribution in [1.29, 1.82) is 0 Å². The Morgan fingerprint density at radius 3 is 2.93 bits per heavy atom. The van der Waals surface area contributed by atoms with Gasteiger partial charge in [0.2, 0.25) is 0 Å². The smallest absolute Gasteiger partial charge is 0.123 e. The summed E-state index contributed by atoms with van der Waals surface area (Å²) in [4.78, 5) is 5.73. The SMILES string of the molecule is CCc1cnc(-c2cccc(CN)c2)s1. The molecule has 1 aromatic carbocycles. The molecule has 0 amide bonds. The van der Waals surface area contributed by atoms with E-state index in [1.54, 1.807) is 11.3 Å². The Balaban J connectivity index is 2.35. The van der Waals surface area contributed by atoms with E-state index in [4.69, 9.17) is 5.73 Å². The molecule has 1 aromatic heterocycles. The fourth-order valence-corrected chi connectivity index (χ4v) is 2.28. The van der Waals surface area contributed by atoms with E-state index in [9.17, 15) is 0 Å². The van der Waals surface area contributed by atoms with Gasteiger partial charge in [-0.3, -0.25) is 0 Å². The number of thiazole rings is 1. The topological polar surface area (TPSA) is 38.9 Å². The maximum absolute atomic E-state index is 5.61. The highest BCUT2D eigenvalue weighted by Gasteiger charge is 2.03. The quantitative estimate of drug-likeness (QED) is 0.860. The van der Waals surface area contributed by atoms with E-state index in [1.807, 2.05) is 18.3 Å². The van der Waals surface area contributed by atoms with Crippen LogP contribution in [0.15, 0.2) is 30.5 Å². The normalized spacial score (nSPS) is 10.5. The van der Waals surface area contributed by atoms with Crippen molar-refractivity contribution in [2.45, 2.75) is 19.9 Å². The number of hydrogen-bond donors (Lipinski definition) is 1. The first-order valence-electron chi connectivity index (χ1n) is 5.07. The highest BCUT2D eigenvalue weighted by Crippen LogP contribution is 2.25. The molecule has 1 heterocycles. The second-order valence-electron chi connectivity index (χ2n) is 3.39. The zero-order chi connectivity index (χ0) is 10.7. The molecule has 0 aliphatic heterocycles. The lowest BCUT2D eigenvalue weighted by Gasteiger charge is -1.99. The first-order chi connectivity index (χ1) is 7.33. The van der Waals surface area contributed by atoms with Crippen molar-refractivity contribution in [3.05, 3.63) is 40.9 Å². The second kappa shape index (κ2) is 4.55. The van der Waals surface area contributed by atoms with Crippen LogP contribution in [0.25, 0.3) is 10.6 Å². The third kappa shape index (κ3) is 2.25. The standard InChI is InChI=1S/C12H14N2S/c1-2-11-8-14-12(15-11)10-5-3-4-9(6-10)7-13/h3-6,8H,2,7,13H2,1H3. The molecule has 3 heteroatoms. The second-order valence-corrected chi connectivity index (χ2v) is 4.50. The van der Waals surface area contributed by atoms with Gasteiger partial charge in [0.15, 0.2) is 0 Å². The number of rotatable bonds is 3. The van der Waals surface area contributed by atoms with E-state index >= 15 is 0 Å². The number of nitrogens with two attached hydrogens (primary N) is 1. The van der Waals surface area contributed by atoms with Crippen molar-refractivity contribution >= 4 is 11.3 Å². The van der Waals surface area contributed by atoms with Gasteiger partial charge in [-0.2, -0.15) is 0 Å². The molecule has 2 aromatic rings. The van der Waals surface area contributed by atoms with Crippen LogP contribution in [0, 0.1) is 0 Å². The first kappa shape index (κ1) is 10.3. The van der Waals surface area contributed by atoms with E-state index in [1.165, 1.54) is 10.4 Å². The minimum atomic E-state index is 0.583. The fourth-order valence-electron chi connectivity index (χ4n) is 1.44. The molecule has 0 spiro atoms. The lowest BCUT2D eigenvalue weighted by atomic mass is 10.1. The number of nitrogens with zero attached hydrogens (tertiary/aromatic N) is 1.